The van der Waals surface area contributed by atoms with Crippen molar-refractivity contribution in [3.63, 3.8) is 0 Å². The number of rotatable bonds is 1. The number of ether oxygens (including phenoxy) is 2. The zero-order valence-corrected chi connectivity index (χ0v) is 19.0. The Balaban J connectivity index is 1.51. The molecule has 0 atom stereocenters. The summed E-state index contributed by atoms with van der Waals surface area (Å²) >= 11 is 3.61. The summed E-state index contributed by atoms with van der Waals surface area (Å²) < 4.78 is 16.2. The normalized spacial score (nSPS) is 19.2. The molecule has 3 aromatic rings. The Morgan fingerprint density at radius 2 is 1.87 bits per heavy atom. The van der Waals surface area contributed by atoms with Crippen molar-refractivity contribution in [1.82, 2.24) is 0 Å². The first-order chi connectivity index (χ1) is 14.6. The number of nitrogens with zero attached hydrogens (tertiary/aromatic N) is 2. The molecule has 3 aliphatic heterocycles. The molecule has 0 amide bonds. The first-order valence-corrected chi connectivity index (χ1v) is 11.9. The number of hydrogen-bond donors (Lipinski definition) is 0. The average molecular weight is 436 g/mol. The number of benzene rings is 2. The Kier molecular flexibility index (Phi) is 4.15. The Hall–Kier alpha value is -2.44. The van der Waals surface area contributed by atoms with E-state index in [-0.39, 0.29) is 0 Å². The number of aromatic nitrogens is 1. The third-order valence-electron chi connectivity index (χ3n) is 5.91. The number of fused-ring (bicyclic) bond motifs is 6. The number of hydrogen-bond acceptors (Lipinski definition) is 5. The molecule has 0 unspecified atom stereocenters. The van der Waals surface area contributed by atoms with E-state index in [1.165, 1.54) is 42.0 Å². The summed E-state index contributed by atoms with van der Waals surface area (Å²) in [5, 5.41) is 2.37. The summed E-state index contributed by atoms with van der Waals surface area (Å²) in [4.78, 5) is 3.70. The molecule has 3 aliphatic rings. The highest BCUT2D eigenvalue weighted by Gasteiger charge is 2.36. The second kappa shape index (κ2) is 6.79. The third-order valence-corrected chi connectivity index (χ3v) is 8.23. The lowest BCUT2D eigenvalue weighted by molar-refractivity contribution is -0.677. The summed E-state index contributed by atoms with van der Waals surface area (Å²) in [6, 6.07) is 13.4. The Labute approximate surface area is 184 Å². The van der Waals surface area contributed by atoms with Crippen LogP contribution in [0.25, 0.3) is 16.0 Å². The van der Waals surface area contributed by atoms with Crippen molar-refractivity contribution >= 4 is 44.8 Å². The van der Waals surface area contributed by atoms with E-state index in [1.807, 2.05) is 0 Å². The fourth-order valence-electron chi connectivity index (χ4n) is 4.41. The largest absolute Gasteiger partial charge is 0.489 e. The van der Waals surface area contributed by atoms with E-state index in [2.05, 4.69) is 66.6 Å². The maximum absolute atomic E-state index is 6.25. The van der Waals surface area contributed by atoms with Gasteiger partial charge in [0.1, 0.15) is 22.9 Å². The molecule has 0 spiro atoms. The summed E-state index contributed by atoms with van der Waals surface area (Å²) in [7, 11) is 0. The highest BCUT2D eigenvalue weighted by atomic mass is 32.2. The van der Waals surface area contributed by atoms with Gasteiger partial charge in [-0.25, -0.2) is 0 Å². The van der Waals surface area contributed by atoms with Gasteiger partial charge in [0, 0.05) is 16.5 Å². The van der Waals surface area contributed by atoms with Crippen molar-refractivity contribution in [2.45, 2.75) is 32.2 Å². The van der Waals surface area contributed by atoms with Crippen molar-refractivity contribution in [3.8, 4) is 0 Å². The van der Waals surface area contributed by atoms with Gasteiger partial charge in [0.25, 0.3) is 0 Å². The molecule has 4 nitrogen and oxygen atoms in total. The number of aryl methyl sites for hydroxylation is 2. The fourth-order valence-corrected chi connectivity index (χ4v) is 6.86. The van der Waals surface area contributed by atoms with Crippen LogP contribution in [0, 0.1) is 13.8 Å². The summed E-state index contributed by atoms with van der Waals surface area (Å²) in [5.41, 5.74) is 6.26. The smallest absolute Gasteiger partial charge is 0.305 e. The van der Waals surface area contributed by atoms with Gasteiger partial charge in [0.2, 0.25) is 11.3 Å². The second-order valence-corrected chi connectivity index (χ2v) is 10.1. The van der Waals surface area contributed by atoms with Crippen LogP contribution in [0.5, 0.6) is 0 Å². The highest BCUT2D eigenvalue weighted by Crippen LogP contribution is 2.50. The number of allylic oxidation sites excluding steroid dienone is 1. The van der Waals surface area contributed by atoms with E-state index in [4.69, 9.17) is 9.47 Å². The quantitative estimate of drug-likeness (QED) is 0.480. The van der Waals surface area contributed by atoms with Gasteiger partial charge in [0.05, 0.1) is 12.2 Å². The molecule has 0 fully saturated rings. The topological polar surface area (TPSA) is 25.6 Å². The minimum Gasteiger partial charge on any atom is -0.489 e. The van der Waals surface area contributed by atoms with E-state index in [0.717, 1.165) is 30.2 Å². The molecule has 30 heavy (non-hydrogen) atoms. The average Bonchev–Trinajstić information content (AvgIpc) is 3.31. The van der Waals surface area contributed by atoms with Crippen LogP contribution in [0.4, 0.5) is 5.69 Å². The lowest BCUT2D eigenvalue weighted by atomic mass is 10.1. The van der Waals surface area contributed by atoms with Crippen LogP contribution in [0.15, 0.2) is 57.7 Å². The highest BCUT2D eigenvalue weighted by molar-refractivity contribution is 8.03. The van der Waals surface area contributed by atoms with Crippen LogP contribution in [0.1, 0.15) is 23.1 Å². The molecule has 0 aliphatic carbocycles. The molecule has 0 bridgehead atoms. The Morgan fingerprint density at radius 3 is 2.77 bits per heavy atom. The van der Waals surface area contributed by atoms with Gasteiger partial charge in [-0.3, -0.25) is 0 Å². The molecule has 2 aromatic carbocycles. The van der Waals surface area contributed by atoms with Crippen LogP contribution < -0.4 is 9.47 Å². The maximum Gasteiger partial charge on any atom is 0.305 e. The van der Waals surface area contributed by atoms with Crippen molar-refractivity contribution in [2.24, 2.45) is 0 Å². The van der Waals surface area contributed by atoms with E-state index in [1.54, 1.807) is 23.1 Å². The zero-order valence-electron chi connectivity index (χ0n) is 17.3. The molecule has 0 N–H and O–H groups in total. The number of thiazole rings is 1. The minimum atomic E-state index is 0.684. The number of anilines is 1. The monoisotopic (exact) mass is 435 g/mol. The molecule has 1 aromatic heterocycles. The van der Waals surface area contributed by atoms with Crippen LogP contribution in [0.3, 0.4) is 0 Å². The molecular formula is C24H23N2O2S2+. The summed E-state index contributed by atoms with van der Waals surface area (Å²) in [5.74, 6) is 1.91. The van der Waals surface area contributed by atoms with Gasteiger partial charge in [-0.2, -0.15) is 4.57 Å². The van der Waals surface area contributed by atoms with Crippen molar-refractivity contribution < 1.29 is 14.0 Å². The van der Waals surface area contributed by atoms with Gasteiger partial charge in [-0.05, 0) is 50.1 Å². The Morgan fingerprint density at radius 1 is 1.03 bits per heavy atom. The first kappa shape index (κ1) is 18.3. The van der Waals surface area contributed by atoms with Crippen LogP contribution in [0.2, 0.25) is 0 Å². The van der Waals surface area contributed by atoms with Gasteiger partial charge >= 0.3 is 5.01 Å². The van der Waals surface area contributed by atoms with Crippen molar-refractivity contribution in [1.29, 1.82) is 0 Å². The van der Waals surface area contributed by atoms with Crippen molar-refractivity contribution in [3.05, 3.63) is 68.9 Å². The standard InChI is InChI=1S/C24H23N2O2S2/c1-14-4-6-19-17(12-14)25-8-10-27-21(23(25)29-19)16(3)22-24-26(9-11-28-22)18-13-15(2)5-7-20(18)30-24/h4-7,12-13H,8-11H2,1-3H3/q+1. The second-order valence-electron chi connectivity index (χ2n) is 8.04. The zero-order chi connectivity index (χ0) is 20.4. The van der Waals surface area contributed by atoms with Gasteiger partial charge in [0.15, 0.2) is 12.3 Å². The van der Waals surface area contributed by atoms with E-state index < -0.39 is 0 Å². The molecule has 4 heterocycles. The van der Waals surface area contributed by atoms with Crippen LogP contribution in [-0.4, -0.2) is 19.8 Å². The molecule has 0 saturated carbocycles. The molecular weight excluding hydrogens is 412 g/mol. The van der Waals surface area contributed by atoms with E-state index >= 15 is 0 Å². The van der Waals surface area contributed by atoms with Crippen LogP contribution >= 0.6 is 23.1 Å². The third kappa shape index (κ3) is 2.70. The first-order valence-electron chi connectivity index (χ1n) is 10.3. The Bertz CT molecular complexity index is 1270. The molecule has 6 rings (SSSR count). The van der Waals surface area contributed by atoms with Gasteiger partial charge in [-0.1, -0.05) is 35.2 Å². The minimum absolute atomic E-state index is 0.684. The van der Waals surface area contributed by atoms with E-state index in [9.17, 15) is 0 Å². The SMILES string of the molecule is C/C(C1=C2Sc3ccc(C)cc3N2CCO1)=C1/OCC[n+]2c1sc1ccc(C)cc12. The fraction of sp³-hybridized carbons (Fsp3) is 0.292. The lowest BCUT2D eigenvalue weighted by Crippen LogP contribution is -2.42. The molecule has 0 saturated heterocycles. The van der Waals surface area contributed by atoms with E-state index in [0.29, 0.717) is 13.2 Å². The molecule has 6 heteroatoms. The predicted molar refractivity (Wildman–Crippen MR) is 123 cm³/mol. The van der Waals surface area contributed by atoms with Gasteiger partial charge in [-0.15, -0.1) is 0 Å². The molecule has 0 radical (unpaired) electrons. The summed E-state index contributed by atoms with van der Waals surface area (Å²) in [6.45, 7) is 9.58. The lowest BCUT2D eigenvalue weighted by Gasteiger charge is -2.29. The van der Waals surface area contributed by atoms with Gasteiger partial charge < -0.3 is 14.4 Å². The van der Waals surface area contributed by atoms with Crippen LogP contribution in [-0.2, 0) is 16.0 Å². The summed E-state index contributed by atoms with van der Waals surface area (Å²) in [6.07, 6.45) is 0. The molecule has 152 valence electrons. The maximum atomic E-state index is 6.25. The number of thioether (sulfide) groups is 1. The van der Waals surface area contributed by atoms with Crippen molar-refractivity contribution in [2.75, 3.05) is 24.7 Å². The predicted octanol–water partition coefficient (Wildman–Crippen LogP) is 5.38.